The van der Waals surface area contributed by atoms with E-state index in [0.717, 1.165) is 49.8 Å². The molecule has 1 atom stereocenters. The number of ether oxygens (including phenoxy) is 1. The van der Waals surface area contributed by atoms with Crippen LogP contribution < -0.4 is 14.8 Å². The molecule has 1 aliphatic heterocycles. The van der Waals surface area contributed by atoms with Crippen molar-refractivity contribution in [2.45, 2.75) is 56.0 Å². The molecule has 11 heteroatoms. The molecule has 31 heavy (non-hydrogen) atoms. The van der Waals surface area contributed by atoms with E-state index in [9.17, 15) is 13.2 Å². The predicted octanol–water partition coefficient (Wildman–Crippen LogP) is 1.09. The first-order chi connectivity index (χ1) is 14.8. The van der Waals surface area contributed by atoms with Gasteiger partial charge in [0.05, 0.1) is 18.8 Å². The molecule has 2 amide bonds. The van der Waals surface area contributed by atoms with Crippen molar-refractivity contribution in [2.75, 3.05) is 26.0 Å². The monoisotopic (exact) mass is 446 g/mol. The van der Waals surface area contributed by atoms with Crippen molar-refractivity contribution >= 4 is 21.9 Å². The van der Waals surface area contributed by atoms with E-state index in [1.54, 1.807) is 0 Å². The quantitative estimate of drug-likeness (QED) is 0.722. The van der Waals surface area contributed by atoms with E-state index in [0.29, 0.717) is 19.0 Å². The van der Waals surface area contributed by atoms with Crippen molar-refractivity contribution in [1.82, 2.24) is 24.4 Å². The van der Waals surface area contributed by atoms with E-state index in [4.69, 9.17) is 4.74 Å². The summed E-state index contributed by atoms with van der Waals surface area (Å²) < 4.78 is 35.0. The maximum Gasteiger partial charge on any atom is 0.334 e. The molecule has 0 saturated carbocycles. The maximum absolute atomic E-state index is 12.9. The lowest BCUT2D eigenvalue weighted by molar-refractivity contribution is 0.117. The van der Waals surface area contributed by atoms with Gasteiger partial charge in [-0.2, -0.15) is 5.10 Å². The summed E-state index contributed by atoms with van der Waals surface area (Å²) in [5.41, 5.74) is 4.67. The average Bonchev–Trinajstić information content (AvgIpc) is 3.45. The Morgan fingerprint density at radius 1 is 1.16 bits per heavy atom. The Kier molecular flexibility index (Phi) is 4.89. The van der Waals surface area contributed by atoms with Crippen LogP contribution in [0, 0.1) is 0 Å². The Labute approximate surface area is 181 Å². The summed E-state index contributed by atoms with van der Waals surface area (Å²) in [6, 6.07) is -0.742. The molecule has 5 rings (SSSR count). The zero-order chi connectivity index (χ0) is 21.8. The highest BCUT2D eigenvalue weighted by Gasteiger charge is 2.32. The molecule has 1 unspecified atom stereocenters. The number of sulfonamides is 1. The topological polar surface area (TPSA) is 118 Å². The highest BCUT2D eigenvalue weighted by Crippen LogP contribution is 2.36. The molecular weight excluding hydrogens is 420 g/mol. The van der Waals surface area contributed by atoms with Crippen LogP contribution in [0.2, 0.25) is 0 Å². The Balaban J connectivity index is 1.35. The maximum atomic E-state index is 12.9. The molecule has 10 nitrogen and oxygen atoms in total. The van der Waals surface area contributed by atoms with Crippen LogP contribution >= 0.6 is 0 Å². The first-order valence-electron chi connectivity index (χ1n) is 10.6. The second-order valence-corrected chi connectivity index (χ2v) is 10.2. The predicted molar refractivity (Wildman–Crippen MR) is 113 cm³/mol. The minimum Gasteiger partial charge on any atom is -0.475 e. The van der Waals surface area contributed by atoms with Gasteiger partial charge < -0.3 is 9.64 Å². The van der Waals surface area contributed by atoms with Crippen molar-refractivity contribution in [3.8, 4) is 5.88 Å². The van der Waals surface area contributed by atoms with E-state index < -0.39 is 16.1 Å². The Morgan fingerprint density at radius 2 is 1.90 bits per heavy atom. The van der Waals surface area contributed by atoms with E-state index in [-0.39, 0.29) is 16.8 Å². The Morgan fingerprint density at radius 3 is 2.71 bits per heavy atom. The second kappa shape index (κ2) is 7.49. The number of aryl methyl sites for hydroxylation is 1. The van der Waals surface area contributed by atoms with Crippen LogP contribution in [-0.2, 0) is 42.3 Å². The average molecular weight is 447 g/mol. The van der Waals surface area contributed by atoms with Gasteiger partial charge in [0.15, 0.2) is 4.90 Å². The molecule has 0 saturated heterocycles. The normalized spacial score (nSPS) is 19.5. The summed E-state index contributed by atoms with van der Waals surface area (Å²) in [6.07, 6.45) is 7.07. The SMILES string of the molecule is CN(C)C1COc2c(S(=O)(=O)NC(=O)Nc3nc4c(c5c3CCC5)CCC4)cnn2C1. The van der Waals surface area contributed by atoms with Gasteiger partial charge in [0.1, 0.15) is 12.4 Å². The minimum absolute atomic E-state index is 0.0900. The van der Waals surface area contributed by atoms with E-state index in [1.807, 2.05) is 19.0 Å². The smallest absolute Gasteiger partial charge is 0.334 e. The first kappa shape index (κ1) is 20.3. The molecule has 166 valence electrons. The number of anilines is 1. The number of hydrogen-bond acceptors (Lipinski definition) is 7. The first-order valence-corrected chi connectivity index (χ1v) is 12.0. The molecule has 2 N–H and O–H groups in total. The van der Waals surface area contributed by atoms with E-state index in [2.05, 4.69) is 20.1 Å². The molecule has 3 aliphatic rings. The number of aromatic nitrogens is 3. The molecule has 0 spiro atoms. The van der Waals surface area contributed by atoms with Crippen molar-refractivity contribution < 1.29 is 17.9 Å². The fourth-order valence-electron chi connectivity index (χ4n) is 4.69. The summed E-state index contributed by atoms with van der Waals surface area (Å²) in [6.45, 7) is 0.855. The van der Waals surface area contributed by atoms with Crippen molar-refractivity contribution in [3.05, 3.63) is 28.6 Å². The third-order valence-electron chi connectivity index (χ3n) is 6.34. The van der Waals surface area contributed by atoms with Crippen LogP contribution in [0.5, 0.6) is 5.88 Å². The zero-order valence-corrected chi connectivity index (χ0v) is 18.5. The number of rotatable bonds is 4. The van der Waals surface area contributed by atoms with Crippen molar-refractivity contribution in [1.29, 1.82) is 0 Å². The van der Waals surface area contributed by atoms with Crippen molar-refractivity contribution in [3.63, 3.8) is 0 Å². The third kappa shape index (κ3) is 3.55. The summed E-state index contributed by atoms with van der Waals surface area (Å²) in [5.74, 6) is 0.623. The summed E-state index contributed by atoms with van der Waals surface area (Å²) >= 11 is 0. The van der Waals surface area contributed by atoms with Gasteiger partial charge in [0, 0.05) is 5.69 Å². The largest absolute Gasteiger partial charge is 0.475 e. The molecule has 2 aliphatic carbocycles. The number of nitrogens with one attached hydrogen (secondary N) is 2. The lowest BCUT2D eigenvalue weighted by Crippen LogP contribution is -2.41. The molecule has 0 bridgehead atoms. The molecular formula is C20H26N6O4S. The molecule has 3 heterocycles. The van der Waals surface area contributed by atoms with Gasteiger partial charge in [0.25, 0.3) is 10.0 Å². The van der Waals surface area contributed by atoms with Crippen LogP contribution in [0.15, 0.2) is 11.1 Å². The van der Waals surface area contributed by atoms with E-state index in [1.165, 1.54) is 22.0 Å². The van der Waals surface area contributed by atoms with Gasteiger partial charge in [-0.1, -0.05) is 0 Å². The molecule has 0 aromatic carbocycles. The standard InChI is InChI=1S/C20H26N6O4S/c1-25(2)12-10-26-19(30-11-12)17(9-21-26)31(28,29)24-20(27)23-18-15-7-3-5-13(15)14-6-4-8-16(14)22-18/h9,12H,3-8,10-11H2,1-2H3,(H2,22,23,24,27). The fraction of sp³-hybridized carbons (Fsp3) is 0.550. The van der Waals surface area contributed by atoms with Gasteiger partial charge in [-0.15, -0.1) is 0 Å². The number of carbonyl (C=O) groups excluding carboxylic acids is 1. The van der Waals surface area contributed by atoms with Gasteiger partial charge in [-0.05, 0) is 69.3 Å². The summed E-state index contributed by atoms with van der Waals surface area (Å²) in [7, 11) is -0.300. The van der Waals surface area contributed by atoms with Crippen LogP contribution in [0.4, 0.5) is 10.6 Å². The Bertz CT molecular complexity index is 1160. The van der Waals surface area contributed by atoms with Gasteiger partial charge in [-0.3, -0.25) is 5.32 Å². The molecule has 2 aromatic rings. The van der Waals surface area contributed by atoms with Crippen LogP contribution in [0.25, 0.3) is 0 Å². The lowest BCUT2D eigenvalue weighted by atomic mass is 10.0. The zero-order valence-electron chi connectivity index (χ0n) is 17.6. The molecule has 0 radical (unpaired) electrons. The highest BCUT2D eigenvalue weighted by atomic mass is 32.2. The number of pyridine rings is 1. The molecule has 0 fully saturated rings. The number of amides is 2. The number of likely N-dealkylation sites (N-methyl/N-ethyl adjacent to an activating group) is 1. The second-order valence-electron chi connectivity index (χ2n) is 8.53. The lowest BCUT2D eigenvalue weighted by Gasteiger charge is -2.29. The number of fused-ring (bicyclic) bond motifs is 4. The summed E-state index contributed by atoms with van der Waals surface area (Å²) in [5, 5.41) is 6.81. The number of urea groups is 1. The number of hydrogen-bond donors (Lipinski definition) is 2. The van der Waals surface area contributed by atoms with Gasteiger partial charge in [0.2, 0.25) is 5.88 Å². The fourth-order valence-corrected chi connectivity index (χ4v) is 5.67. The van der Waals surface area contributed by atoms with Crippen molar-refractivity contribution in [2.24, 2.45) is 0 Å². The van der Waals surface area contributed by atoms with Crippen LogP contribution in [-0.4, -0.2) is 60.9 Å². The third-order valence-corrected chi connectivity index (χ3v) is 7.65. The van der Waals surface area contributed by atoms with Gasteiger partial charge in [-0.25, -0.2) is 27.6 Å². The number of carbonyl (C=O) groups is 1. The minimum atomic E-state index is -4.15. The summed E-state index contributed by atoms with van der Waals surface area (Å²) in [4.78, 5) is 19.1. The van der Waals surface area contributed by atoms with Crippen LogP contribution in [0.1, 0.15) is 35.2 Å². The highest BCUT2D eigenvalue weighted by molar-refractivity contribution is 7.90. The van der Waals surface area contributed by atoms with Gasteiger partial charge >= 0.3 is 6.03 Å². The van der Waals surface area contributed by atoms with Crippen LogP contribution in [0.3, 0.4) is 0 Å². The van der Waals surface area contributed by atoms with E-state index >= 15 is 0 Å². The number of nitrogens with zero attached hydrogens (tertiary/aromatic N) is 4. The Hall–Kier alpha value is -2.66. The molecule has 2 aromatic heterocycles.